The van der Waals surface area contributed by atoms with Crippen molar-refractivity contribution in [3.63, 3.8) is 0 Å². The van der Waals surface area contributed by atoms with E-state index in [1.54, 1.807) is 13.8 Å². The number of aryl methyl sites for hydroxylation is 1. The molecule has 2 heteroatoms. The Morgan fingerprint density at radius 1 is 1.38 bits per heavy atom. The molecule has 0 atom stereocenters. The van der Waals surface area contributed by atoms with Crippen molar-refractivity contribution in [1.82, 2.24) is 0 Å². The number of benzene rings is 1. The van der Waals surface area contributed by atoms with Gasteiger partial charge in [0.25, 0.3) is 0 Å². The molecule has 0 aliphatic carbocycles. The minimum atomic E-state index is -0.961. The number of ether oxygens (including phenoxy) is 1. The summed E-state index contributed by atoms with van der Waals surface area (Å²) < 4.78 is 5.64. The Hall–Kier alpha value is -1.46. The highest BCUT2D eigenvalue weighted by Gasteiger charge is 2.13. The third kappa shape index (κ3) is 2.56. The zero-order valence-electron chi connectivity index (χ0n) is 9.71. The quantitative estimate of drug-likeness (QED) is 0.673. The summed E-state index contributed by atoms with van der Waals surface area (Å²) in [5.41, 5.74) is 1.13. The fourth-order valence-electron chi connectivity index (χ4n) is 1.71. The fourth-order valence-corrected chi connectivity index (χ4v) is 1.71. The summed E-state index contributed by atoms with van der Waals surface area (Å²) >= 11 is 0. The smallest absolute Gasteiger partial charge is 0.138 e. The van der Waals surface area contributed by atoms with Gasteiger partial charge in [-0.3, -0.25) is 0 Å². The number of aliphatic hydroxyl groups is 1. The maximum Gasteiger partial charge on any atom is 0.138 e. The normalized spacial score (nSPS) is 14.4. The second kappa shape index (κ2) is 4.19. The van der Waals surface area contributed by atoms with Gasteiger partial charge in [0.05, 0.1) is 12.2 Å². The Bertz CT molecular complexity index is 444. The van der Waals surface area contributed by atoms with Gasteiger partial charge in [0.2, 0.25) is 0 Å². The van der Waals surface area contributed by atoms with E-state index in [-0.39, 0.29) is 0 Å². The molecule has 2 rings (SSSR count). The number of hydrogen-bond donors (Lipinski definition) is 1. The highest BCUT2D eigenvalue weighted by Crippen LogP contribution is 2.28. The van der Waals surface area contributed by atoms with Gasteiger partial charge in [-0.15, -0.1) is 0 Å². The first-order chi connectivity index (χ1) is 7.56. The van der Waals surface area contributed by atoms with Gasteiger partial charge in [-0.1, -0.05) is 24.0 Å². The maximum atomic E-state index is 9.57. The van der Waals surface area contributed by atoms with Gasteiger partial charge in [-0.25, -0.2) is 0 Å². The van der Waals surface area contributed by atoms with E-state index < -0.39 is 5.60 Å². The average molecular weight is 216 g/mol. The number of hydrogen-bond acceptors (Lipinski definition) is 2. The summed E-state index contributed by atoms with van der Waals surface area (Å²) in [7, 11) is 0. The molecule has 0 radical (unpaired) electrons. The average Bonchev–Trinajstić information content (AvgIpc) is 2.25. The molecule has 0 saturated carbocycles. The van der Waals surface area contributed by atoms with Gasteiger partial charge in [0.15, 0.2) is 0 Å². The lowest BCUT2D eigenvalue weighted by molar-refractivity contribution is 0.143. The van der Waals surface area contributed by atoms with E-state index in [2.05, 4.69) is 17.9 Å². The van der Waals surface area contributed by atoms with Crippen LogP contribution in [0, 0.1) is 11.8 Å². The minimum absolute atomic E-state index is 0.758. The molecule has 1 N–H and O–H groups in total. The second-order valence-electron chi connectivity index (χ2n) is 4.55. The molecule has 84 valence electrons. The Morgan fingerprint density at radius 3 is 2.94 bits per heavy atom. The van der Waals surface area contributed by atoms with Crippen LogP contribution in [0.4, 0.5) is 0 Å². The van der Waals surface area contributed by atoms with Crippen molar-refractivity contribution < 1.29 is 9.84 Å². The maximum absolute atomic E-state index is 9.57. The molecule has 1 aliphatic rings. The third-order valence-electron chi connectivity index (χ3n) is 2.44. The topological polar surface area (TPSA) is 29.5 Å². The lowest BCUT2D eigenvalue weighted by atomic mass is 10.0. The molecule has 0 bridgehead atoms. The number of para-hydroxylation sites is 1. The van der Waals surface area contributed by atoms with Crippen LogP contribution >= 0.6 is 0 Å². The molecule has 0 fully saturated rings. The summed E-state index contributed by atoms with van der Waals surface area (Å²) in [6.07, 6.45) is 2.11. The summed E-state index contributed by atoms with van der Waals surface area (Å²) in [5, 5.41) is 9.57. The van der Waals surface area contributed by atoms with Crippen LogP contribution in [-0.2, 0) is 6.42 Å². The molecule has 1 heterocycles. The number of rotatable bonds is 0. The van der Waals surface area contributed by atoms with Crippen molar-refractivity contribution in [2.45, 2.75) is 32.3 Å². The summed E-state index contributed by atoms with van der Waals surface area (Å²) in [6.45, 7) is 4.11. The highest BCUT2D eigenvalue weighted by molar-refractivity contribution is 5.52. The molecule has 0 aromatic heterocycles. The van der Waals surface area contributed by atoms with E-state index in [1.165, 1.54) is 5.56 Å². The first kappa shape index (κ1) is 11.0. The van der Waals surface area contributed by atoms with E-state index in [0.29, 0.717) is 0 Å². The highest BCUT2D eigenvalue weighted by atomic mass is 16.5. The predicted octanol–water partition coefficient (Wildman–Crippen LogP) is 2.13. The van der Waals surface area contributed by atoms with Crippen LogP contribution in [0.5, 0.6) is 5.75 Å². The molecule has 1 aromatic rings. The molecule has 1 aromatic carbocycles. The molecule has 1 aliphatic heterocycles. The summed E-state index contributed by atoms with van der Waals surface area (Å²) in [6, 6.07) is 5.99. The van der Waals surface area contributed by atoms with Gasteiger partial charge < -0.3 is 9.84 Å². The van der Waals surface area contributed by atoms with Crippen molar-refractivity contribution >= 4 is 0 Å². The van der Waals surface area contributed by atoms with Crippen LogP contribution in [0.25, 0.3) is 0 Å². The molecular formula is C14H16O2. The van der Waals surface area contributed by atoms with Crippen molar-refractivity contribution in [3.05, 3.63) is 29.3 Å². The first-order valence-electron chi connectivity index (χ1n) is 5.56. The van der Waals surface area contributed by atoms with E-state index in [9.17, 15) is 5.11 Å². The SMILES string of the molecule is CC(C)(O)C#Cc1cccc2c1OCCC2. The van der Waals surface area contributed by atoms with Crippen molar-refractivity contribution in [2.24, 2.45) is 0 Å². The van der Waals surface area contributed by atoms with Crippen molar-refractivity contribution in [1.29, 1.82) is 0 Å². The van der Waals surface area contributed by atoms with Crippen LogP contribution in [0.2, 0.25) is 0 Å². The number of fused-ring (bicyclic) bond motifs is 1. The molecule has 0 amide bonds. The van der Waals surface area contributed by atoms with Gasteiger partial charge in [0.1, 0.15) is 11.4 Å². The zero-order chi connectivity index (χ0) is 11.6. The van der Waals surface area contributed by atoms with Gasteiger partial charge in [-0.05, 0) is 38.3 Å². The van der Waals surface area contributed by atoms with Crippen LogP contribution in [0.15, 0.2) is 18.2 Å². The molecule has 0 unspecified atom stereocenters. The third-order valence-corrected chi connectivity index (χ3v) is 2.44. The van der Waals surface area contributed by atoms with E-state index in [1.807, 2.05) is 12.1 Å². The van der Waals surface area contributed by atoms with Crippen molar-refractivity contribution in [3.8, 4) is 17.6 Å². The Morgan fingerprint density at radius 2 is 2.19 bits per heavy atom. The van der Waals surface area contributed by atoms with Crippen LogP contribution in [0.3, 0.4) is 0 Å². The van der Waals surface area contributed by atoms with Gasteiger partial charge >= 0.3 is 0 Å². The van der Waals surface area contributed by atoms with Gasteiger partial charge in [0, 0.05) is 0 Å². The van der Waals surface area contributed by atoms with Gasteiger partial charge in [-0.2, -0.15) is 0 Å². The van der Waals surface area contributed by atoms with E-state index in [4.69, 9.17) is 4.74 Å². The predicted molar refractivity (Wildman–Crippen MR) is 63.4 cm³/mol. The molecule has 0 spiro atoms. The van der Waals surface area contributed by atoms with Crippen molar-refractivity contribution in [2.75, 3.05) is 6.61 Å². The molecule has 16 heavy (non-hydrogen) atoms. The Kier molecular flexibility index (Phi) is 2.89. The van der Waals surface area contributed by atoms with Crippen LogP contribution in [-0.4, -0.2) is 17.3 Å². The molecule has 2 nitrogen and oxygen atoms in total. The Balaban J connectivity index is 2.37. The Labute approximate surface area is 96.3 Å². The van der Waals surface area contributed by atoms with E-state index in [0.717, 1.165) is 30.8 Å². The summed E-state index contributed by atoms with van der Waals surface area (Å²) in [5.74, 6) is 6.70. The fraction of sp³-hybridized carbons (Fsp3) is 0.429. The monoisotopic (exact) mass is 216 g/mol. The van der Waals surface area contributed by atoms with Crippen LogP contribution < -0.4 is 4.74 Å². The largest absolute Gasteiger partial charge is 0.492 e. The molecular weight excluding hydrogens is 200 g/mol. The lowest BCUT2D eigenvalue weighted by Crippen LogP contribution is -2.15. The van der Waals surface area contributed by atoms with Crippen LogP contribution in [0.1, 0.15) is 31.4 Å². The first-order valence-corrected chi connectivity index (χ1v) is 5.56. The minimum Gasteiger partial charge on any atom is -0.492 e. The lowest BCUT2D eigenvalue weighted by Gasteiger charge is -2.18. The zero-order valence-corrected chi connectivity index (χ0v) is 9.71. The molecule has 0 saturated heterocycles. The summed E-state index contributed by atoms with van der Waals surface area (Å²) in [4.78, 5) is 0. The standard InChI is InChI=1S/C14H16O2/c1-14(2,15)9-8-12-6-3-5-11-7-4-10-16-13(11)12/h3,5-6,15H,4,7,10H2,1-2H3. The van der Waals surface area contributed by atoms with E-state index >= 15 is 0 Å². The second-order valence-corrected chi connectivity index (χ2v) is 4.55.